The molecule has 0 amide bonds. The lowest BCUT2D eigenvalue weighted by Gasteiger charge is -2.17. The molecule has 0 radical (unpaired) electrons. The second-order valence-corrected chi connectivity index (χ2v) is 8.32. The topological polar surface area (TPSA) is 49.4 Å². The first-order valence-corrected chi connectivity index (χ1v) is 9.91. The minimum Gasteiger partial charge on any atom is -0.372 e. The summed E-state index contributed by atoms with van der Waals surface area (Å²) in [5.74, 6) is 0. The smallest absolute Gasteiger partial charge is 0.240 e. The van der Waals surface area contributed by atoms with Gasteiger partial charge in [0.1, 0.15) is 0 Å². The van der Waals surface area contributed by atoms with E-state index in [1.165, 1.54) is 18.5 Å². The van der Waals surface area contributed by atoms with Crippen LogP contribution >= 0.6 is 15.9 Å². The molecule has 0 spiro atoms. The van der Waals surface area contributed by atoms with E-state index in [4.69, 9.17) is 0 Å². The third-order valence-electron chi connectivity index (χ3n) is 4.00. The van der Waals surface area contributed by atoms with Gasteiger partial charge in [0.2, 0.25) is 10.0 Å². The molecule has 2 aromatic carbocycles. The highest BCUT2D eigenvalue weighted by atomic mass is 79.9. The molecule has 1 heterocycles. The summed E-state index contributed by atoms with van der Waals surface area (Å²) in [4.78, 5) is 2.63. The predicted molar refractivity (Wildman–Crippen MR) is 96.1 cm³/mol. The molecule has 0 aromatic heterocycles. The van der Waals surface area contributed by atoms with E-state index in [9.17, 15) is 8.42 Å². The Balaban J connectivity index is 1.64. The lowest BCUT2D eigenvalue weighted by molar-refractivity contribution is 0.581. The molecule has 0 saturated carbocycles. The highest BCUT2D eigenvalue weighted by molar-refractivity contribution is 9.10. The maximum absolute atomic E-state index is 12.3. The quantitative estimate of drug-likeness (QED) is 0.843. The second-order valence-electron chi connectivity index (χ2n) is 5.64. The van der Waals surface area contributed by atoms with Gasteiger partial charge in [0.05, 0.1) is 4.90 Å². The highest BCUT2D eigenvalue weighted by Crippen LogP contribution is 2.20. The van der Waals surface area contributed by atoms with Crippen molar-refractivity contribution in [2.24, 2.45) is 0 Å². The van der Waals surface area contributed by atoms with Crippen LogP contribution in [0, 0.1) is 0 Å². The molecule has 1 aliphatic rings. The Morgan fingerprint density at radius 2 is 1.57 bits per heavy atom. The van der Waals surface area contributed by atoms with Crippen LogP contribution in [0.1, 0.15) is 18.4 Å². The van der Waals surface area contributed by atoms with E-state index in [0.717, 1.165) is 23.1 Å². The van der Waals surface area contributed by atoms with Crippen molar-refractivity contribution in [3.05, 3.63) is 58.6 Å². The van der Waals surface area contributed by atoms with Crippen molar-refractivity contribution >= 4 is 31.6 Å². The molecule has 1 N–H and O–H groups in total. The zero-order valence-corrected chi connectivity index (χ0v) is 15.1. The zero-order valence-electron chi connectivity index (χ0n) is 12.7. The SMILES string of the molecule is O=S(=O)(NCc1ccc(N2CCCC2)cc1)c1ccc(Br)cc1. The summed E-state index contributed by atoms with van der Waals surface area (Å²) in [5.41, 5.74) is 2.16. The number of rotatable bonds is 5. The fraction of sp³-hybridized carbons (Fsp3) is 0.294. The average molecular weight is 395 g/mol. The minimum absolute atomic E-state index is 0.273. The van der Waals surface area contributed by atoms with E-state index >= 15 is 0 Å². The number of nitrogens with zero attached hydrogens (tertiary/aromatic N) is 1. The maximum Gasteiger partial charge on any atom is 0.240 e. The first-order valence-electron chi connectivity index (χ1n) is 7.64. The first-order chi connectivity index (χ1) is 11.0. The monoisotopic (exact) mass is 394 g/mol. The van der Waals surface area contributed by atoms with E-state index in [0.29, 0.717) is 6.54 Å². The molecular formula is C17H19BrN2O2S. The molecule has 0 aliphatic carbocycles. The van der Waals surface area contributed by atoms with Crippen molar-refractivity contribution in [3.63, 3.8) is 0 Å². The molecule has 122 valence electrons. The Hall–Kier alpha value is -1.37. The molecule has 0 bridgehead atoms. The van der Waals surface area contributed by atoms with Crippen molar-refractivity contribution in [3.8, 4) is 0 Å². The molecule has 6 heteroatoms. The number of hydrogen-bond donors (Lipinski definition) is 1. The van der Waals surface area contributed by atoms with Crippen molar-refractivity contribution in [1.82, 2.24) is 4.72 Å². The predicted octanol–water partition coefficient (Wildman–Crippen LogP) is 3.53. The van der Waals surface area contributed by atoms with Crippen molar-refractivity contribution in [1.29, 1.82) is 0 Å². The number of benzene rings is 2. The van der Waals surface area contributed by atoms with Gasteiger partial charge < -0.3 is 4.90 Å². The van der Waals surface area contributed by atoms with Crippen LogP contribution in [0.4, 0.5) is 5.69 Å². The van der Waals surface area contributed by atoms with Crippen LogP contribution in [0.3, 0.4) is 0 Å². The summed E-state index contributed by atoms with van der Waals surface area (Å²) in [5, 5.41) is 0. The van der Waals surface area contributed by atoms with Crippen molar-refractivity contribution in [2.45, 2.75) is 24.3 Å². The summed E-state index contributed by atoms with van der Waals surface area (Å²) >= 11 is 3.30. The Labute approximate surface area is 145 Å². The van der Waals surface area contributed by atoms with E-state index in [-0.39, 0.29) is 4.90 Å². The van der Waals surface area contributed by atoms with Gasteiger partial charge in [-0.15, -0.1) is 0 Å². The van der Waals surface area contributed by atoms with Gasteiger partial charge in [-0.1, -0.05) is 28.1 Å². The van der Waals surface area contributed by atoms with Crippen LogP contribution in [0.15, 0.2) is 57.9 Å². The van der Waals surface area contributed by atoms with E-state index in [1.807, 2.05) is 12.1 Å². The summed E-state index contributed by atoms with van der Waals surface area (Å²) < 4.78 is 28.0. The van der Waals surface area contributed by atoms with Crippen molar-refractivity contribution < 1.29 is 8.42 Å². The summed E-state index contributed by atoms with van der Waals surface area (Å²) in [6.45, 7) is 2.50. The second kappa shape index (κ2) is 7.03. The van der Waals surface area contributed by atoms with Gasteiger partial charge in [0.25, 0.3) is 0 Å². The standard InChI is InChI=1S/C17H19BrN2O2S/c18-15-5-9-17(10-6-15)23(21,22)19-13-14-3-7-16(8-4-14)20-11-1-2-12-20/h3-10,19H,1-2,11-13H2. The van der Waals surface area contributed by atoms with Gasteiger partial charge in [-0.2, -0.15) is 0 Å². The normalized spacial score (nSPS) is 15.1. The van der Waals surface area contributed by atoms with Crippen LogP contribution in [0.5, 0.6) is 0 Å². The van der Waals surface area contributed by atoms with Gasteiger partial charge >= 0.3 is 0 Å². The highest BCUT2D eigenvalue weighted by Gasteiger charge is 2.14. The van der Waals surface area contributed by atoms with Crippen LogP contribution in [-0.2, 0) is 16.6 Å². The molecule has 23 heavy (non-hydrogen) atoms. The molecule has 1 saturated heterocycles. The Bertz CT molecular complexity index is 752. The Morgan fingerprint density at radius 1 is 0.957 bits per heavy atom. The third-order valence-corrected chi connectivity index (χ3v) is 5.94. The van der Waals surface area contributed by atoms with Gasteiger partial charge in [0.15, 0.2) is 0 Å². The first kappa shape index (κ1) is 16.5. The van der Waals surface area contributed by atoms with Gasteiger partial charge in [-0.3, -0.25) is 0 Å². The molecule has 1 aliphatic heterocycles. The number of nitrogens with one attached hydrogen (secondary N) is 1. The van der Waals surface area contributed by atoms with Crippen LogP contribution in [0.25, 0.3) is 0 Å². The minimum atomic E-state index is -3.48. The largest absolute Gasteiger partial charge is 0.372 e. The number of halogens is 1. The number of hydrogen-bond acceptors (Lipinski definition) is 3. The van der Waals surface area contributed by atoms with Gasteiger partial charge in [-0.25, -0.2) is 13.1 Å². The fourth-order valence-corrected chi connectivity index (χ4v) is 3.96. The summed E-state index contributed by atoms with van der Waals surface area (Å²) in [7, 11) is -3.48. The van der Waals surface area contributed by atoms with E-state index < -0.39 is 10.0 Å². The summed E-state index contributed by atoms with van der Waals surface area (Å²) in [6, 6.07) is 14.7. The van der Waals surface area contributed by atoms with E-state index in [2.05, 4.69) is 37.7 Å². The van der Waals surface area contributed by atoms with Crippen molar-refractivity contribution in [2.75, 3.05) is 18.0 Å². The van der Waals surface area contributed by atoms with Crippen LogP contribution < -0.4 is 9.62 Å². The lowest BCUT2D eigenvalue weighted by Crippen LogP contribution is -2.23. The molecule has 0 atom stereocenters. The molecule has 3 rings (SSSR count). The number of sulfonamides is 1. The fourth-order valence-electron chi connectivity index (χ4n) is 2.68. The summed E-state index contributed by atoms with van der Waals surface area (Å²) in [6.07, 6.45) is 2.49. The molecule has 1 fully saturated rings. The average Bonchev–Trinajstić information content (AvgIpc) is 3.08. The third kappa shape index (κ3) is 4.13. The van der Waals surface area contributed by atoms with Gasteiger partial charge in [0, 0.05) is 29.8 Å². The van der Waals surface area contributed by atoms with Crippen LogP contribution in [0.2, 0.25) is 0 Å². The van der Waals surface area contributed by atoms with Crippen LogP contribution in [-0.4, -0.2) is 21.5 Å². The molecule has 0 unspecified atom stereocenters. The molecular weight excluding hydrogens is 376 g/mol. The molecule has 4 nitrogen and oxygen atoms in total. The Morgan fingerprint density at radius 3 is 2.17 bits per heavy atom. The van der Waals surface area contributed by atoms with E-state index in [1.54, 1.807) is 24.3 Å². The maximum atomic E-state index is 12.3. The number of anilines is 1. The molecule has 2 aromatic rings. The Kier molecular flexibility index (Phi) is 5.04. The lowest BCUT2D eigenvalue weighted by atomic mass is 10.2. The van der Waals surface area contributed by atoms with Gasteiger partial charge in [-0.05, 0) is 54.8 Å². The zero-order chi connectivity index (χ0) is 16.3.